The van der Waals surface area contributed by atoms with Gasteiger partial charge in [-0.25, -0.2) is 4.99 Å². The summed E-state index contributed by atoms with van der Waals surface area (Å²) in [6.07, 6.45) is 0. The van der Waals surface area contributed by atoms with Gasteiger partial charge in [0.1, 0.15) is 5.84 Å². The van der Waals surface area contributed by atoms with Gasteiger partial charge in [-0.05, 0) is 68.4 Å². The summed E-state index contributed by atoms with van der Waals surface area (Å²) in [5.41, 5.74) is 2.66. The molecule has 82 valence electrons. The van der Waals surface area contributed by atoms with Gasteiger partial charge in [-0.2, -0.15) is 0 Å². The highest BCUT2D eigenvalue weighted by atomic mass is 35.7. The molecule has 1 rings (SSSR count). The van der Waals surface area contributed by atoms with Gasteiger partial charge in [-0.15, -0.1) is 0 Å². The van der Waals surface area contributed by atoms with Crippen LogP contribution in [0.15, 0.2) is 33.0 Å². The van der Waals surface area contributed by atoms with Crippen LogP contribution in [-0.2, 0) is 0 Å². The Morgan fingerprint density at radius 3 is 2.53 bits per heavy atom. The molecule has 2 N–H and O–H groups in total. The van der Waals surface area contributed by atoms with Crippen molar-refractivity contribution in [3.05, 3.63) is 18.2 Å². The van der Waals surface area contributed by atoms with Crippen molar-refractivity contribution in [2.45, 2.75) is 16.7 Å². The lowest BCUT2D eigenvalue weighted by atomic mass is 10.3. The highest BCUT2D eigenvalue weighted by Gasteiger charge is 2.03. The van der Waals surface area contributed by atoms with Crippen molar-refractivity contribution < 1.29 is 5.21 Å². The second-order valence-electron chi connectivity index (χ2n) is 2.59. The van der Waals surface area contributed by atoms with E-state index in [9.17, 15) is 0 Å². The fourth-order valence-corrected chi connectivity index (χ4v) is 2.78. The minimum Gasteiger partial charge on any atom is -0.290 e. The fraction of sp³-hybridized carbons (Fsp3) is 0.125. The number of hydrogen-bond acceptors (Lipinski definition) is 4. The normalized spacial score (nSPS) is 11.6. The SMILES string of the molecule is CC(=Nc1ccc(SCl)c(SCl)c1)NO. The molecule has 0 aromatic heterocycles. The van der Waals surface area contributed by atoms with Crippen molar-refractivity contribution >= 4 is 54.8 Å². The highest BCUT2D eigenvalue weighted by molar-refractivity contribution is 8.23. The molecule has 3 nitrogen and oxygen atoms in total. The average Bonchev–Trinajstić information content (AvgIpc) is 2.28. The Morgan fingerprint density at radius 1 is 1.33 bits per heavy atom. The van der Waals surface area contributed by atoms with E-state index in [1.807, 2.05) is 11.5 Å². The molecule has 7 heteroatoms. The minimum atomic E-state index is 0.409. The molecule has 0 bridgehead atoms. The maximum atomic E-state index is 8.59. The van der Waals surface area contributed by atoms with Crippen molar-refractivity contribution in [2.75, 3.05) is 0 Å². The van der Waals surface area contributed by atoms with Gasteiger partial charge in [-0.3, -0.25) is 10.7 Å². The van der Waals surface area contributed by atoms with E-state index < -0.39 is 0 Å². The monoisotopic (exact) mass is 282 g/mol. The van der Waals surface area contributed by atoms with Crippen LogP contribution in [0.3, 0.4) is 0 Å². The van der Waals surface area contributed by atoms with Crippen LogP contribution in [0.4, 0.5) is 5.69 Å². The van der Waals surface area contributed by atoms with E-state index in [-0.39, 0.29) is 0 Å². The molecule has 0 radical (unpaired) electrons. The van der Waals surface area contributed by atoms with Crippen LogP contribution in [0, 0.1) is 0 Å². The molecule has 0 aliphatic rings. The van der Waals surface area contributed by atoms with Gasteiger partial charge in [0.15, 0.2) is 0 Å². The third-order valence-electron chi connectivity index (χ3n) is 1.55. The number of hydroxylamine groups is 1. The number of aliphatic imine (C=N–C) groups is 1. The van der Waals surface area contributed by atoms with Crippen LogP contribution in [-0.4, -0.2) is 11.0 Å². The maximum absolute atomic E-state index is 8.59. The average molecular weight is 283 g/mol. The van der Waals surface area contributed by atoms with Crippen molar-refractivity contribution in [1.29, 1.82) is 0 Å². The summed E-state index contributed by atoms with van der Waals surface area (Å²) < 4.78 is 0. The predicted octanol–water partition coefficient (Wildman–Crippen LogP) is 4.21. The first-order chi connectivity index (χ1) is 7.21. The number of nitrogens with one attached hydrogen (secondary N) is 1. The first-order valence-electron chi connectivity index (χ1n) is 3.88. The third kappa shape index (κ3) is 3.77. The Bertz CT molecular complexity index is 374. The number of rotatable bonds is 3. The van der Waals surface area contributed by atoms with Gasteiger partial charge >= 0.3 is 0 Å². The van der Waals surface area contributed by atoms with Gasteiger partial charge < -0.3 is 0 Å². The molecule has 0 atom stereocenters. The fourth-order valence-electron chi connectivity index (χ4n) is 0.909. The number of benzene rings is 1. The van der Waals surface area contributed by atoms with E-state index in [2.05, 4.69) is 4.99 Å². The molecule has 0 aliphatic carbocycles. The number of nitrogens with zero attached hydrogens (tertiary/aromatic N) is 1. The van der Waals surface area contributed by atoms with E-state index in [0.717, 1.165) is 31.7 Å². The Labute approximate surface area is 105 Å². The van der Waals surface area contributed by atoms with Gasteiger partial charge in [0, 0.05) is 9.79 Å². The van der Waals surface area contributed by atoms with E-state index in [0.29, 0.717) is 11.5 Å². The molecule has 1 aromatic carbocycles. The molecular weight excluding hydrogens is 275 g/mol. The molecule has 0 unspecified atom stereocenters. The van der Waals surface area contributed by atoms with Gasteiger partial charge in [0.2, 0.25) is 0 Å². The first-order valence-corrected chi connectivity index (χ1v) is 7.16. The molecule has 15 heavy (non-hydrogen) atoms. The number of amidine groups is 1. The van der Waals surface area contributed by atoms with Gasteiger partial charge in [-0.1, -0.05) is 0 Å². The summed E-state index contributed by atoms with van der Waals surface area (Å²) >= 11 is 0. The molecule has 0 saturated carbocycles. The summed E-state index contributed by atoms with van der Waals surface area (Å²) in [4.78, 5) is 5.81. The summed E-state index contributed by atoms with van der Waals surface area (Å²) in [5.74, 6) is 0.409. The second kappa shape index (κ2) is 6.50. The summed E-state index contributed by atoms with van der Waals surface area (Å²) in [6, 6.07) is 5.41. The molecular formula is C8H8Cl2N2OS2. The van der Waals surface area contributed by atoms with Crippen molar-refractivity contribution in [3.8, 4) is 0 Å². The van der Waals surface area contributed by atoms with Crippen molar-refractivity contribution in [2.24, 2.45) is 4.99 Å². The first kappa shape index (κ1) is 13.0. The molecule has 0 fully saturated rings. The summed E-state index contributed by atoms with van der Waals surface area (Å²) in [6.45, 7) is 1.65. The summed E-state index contributed by atoms with van der Waals surface area (Å²) in [7, 11) is 13.5. The largest absolute Gasteiger partial charge is 0.290 e. The standard InChI is InChI=1S/C8H8Cl2N2OS2/c1-5(12-13)11-6-2-3-7(14-9)8(4-6)15-10/h2-4,13H,1H3,(H,11,12). The smallest absolute Gasteiger partial charge is 0.123 e. The highest BCUT2D eigenvalue weighted by Crippen LogP contribution is 2.37. The predicted molar refractivity (Wildman–Crippen MR) is 67.6 cm³/mol. The molecule has 0 saturated heterocycles. The van der Waals surface area contributed by atoms with Crippen LogP contribution in [0.25, 0.3) is 0 Å². The zero-order chi connectivity index (χ0) is 11.3. The van der Waals surface area contributed by atoms with Crippen LogP contribution >= 0.6 is 43.3 Å². The van der Waals surface area contributed by atoms with E-state index in [1.54, 1.807) is 19.1 Å². The number of hydrogen-bond donors (Lipinski definition) is 2. The molecule has 0 aliphatic heterocycles. The Balaban J connectivity index is 3.03. The number of halogens is 2. The van der Waals surface area contributed by atoms with Crippen molar-refractivity contribution in [3.63, 3.8) is 0 Å². The minimum absolute atomic E-state index is 0.409. The summed E-state index contributed by atoms with van der Waals surface area (Å²) in [5, 5.41) is 8.59. The topological polar surface area (TPSA) is 44.6 Å². The van der Waals surface area contributed by atoms with Crippen LogP contribution in [0.1, 0.15) is 6.92 Å². The van der Waals surface area contributed by atoms with Gasteiger partial charge in [0.25, 0.3) is 0 Å². The Kier molecular flexibility index (Phi) is 5.63. The van der Waals surface area contributed by atoms with Crippen LogP contribution in [0.5, 0.6) is 0 Å². The van der Waals surface area contributed by atoms with Crippen LogP contribution in [0.2, 0.25) is 0 Å². The molecule has 0 spiro atoms. The van der Waals surface area contributed by atoms with E-state index >= 15 is 0 Å². The van der Waals surface area contributed by atoms with E-state index in [1.165, 1.54) is 0 Å². The Hall–Kier alpha value is -0.0700. The zero-order valence-electron chi connectivity index (χ0n) is 7.70. The second-order valence-corrected chi connectivity index (χ2v) is 4.71. The lowest BCUT2D eigenvalue weighted by molar-refractivity contribution is 0.234. The zero-order valence-corrected chi connectivity index (χ0v) is 10.8. The molecule has 1 aromatic rings. The maximum Gasteiger partial charge on any atom is 0.123 e. The molecule has 0 heterocycles. The Morgan fingerprint density at radius 2 is 2.00 bits per heavy atom. The molecule has 0 amide bonds. The quantitative estimate of drug-likeness (QED) is 0.495. The third-order valence-corrected chi connectivity index (χ3v) is 3.71. The van der Waals surface area contributed by atoms with Gasteiger partial charge in [0.05, 0.1) is 5.69 Å². The lowest BCUT2D eigenvalue weighted by Gasteiger charge is -2.03. The van der Waals surface area contributed by atoms with Crippen molar-refractivity contribution in [1.82, 2.24) is 5.48 Å². The van der Waals surface area contributed by atoms with E-state index in [4.69, 9.17) is 26.6 Å². The van der Waals surface area contributed by atoms with Crippen LogP contribution < -0.4 is 5.48 Å². The lowest BCUT2D eigenvalue weighted by Crippen LogP contribution is -2.13.